The first-order chi connectivity index (χ1) is 9.88. The molecule has 2 N–H and O–H groups in total. The van der Waals surface area contributed by atoms with Gasteiger partial charge in [-0.3, -0.25) is 0 Å². The largest absolute Gasteiger partial charge is 0.389 e. The van der Waals surface area contributed by atoms with Crippen LogP contribution >= 0.6 is 11.3 Å². The molecule has 0 unspecified atom stereocenters. The third-order valence-electron chi connectivity index (χ3n) is 4.45. The van der Waals surface area contributed by atoms with Gasteiger partial charge in [0.15, 0.2) is 0 Å². The van der Waals surface area contributed by atoms with Crippen molar-refractivity contribution in [2.45, 2.75) is 62.2 Å². The van der Waals surface area contributed by atoms with E-state index in [2.05, 4.69) is 11.6 Å². The Morgan fingerprint density at radius 2 is 2.00 bits per heavy atom. The van der Waals surface area contributed by atoms with Crippen LogP contribution in [-0.4, -0.2) is 25.7 Å². The van der Waals surface area contributed by atoms with Gasteiger partial charge in [0.05, 0.1) is 5.60 Å². The summed E-state index contributed by atoms with van der Waals surface area (Å²) in [6.45, 7) is 4.29. The Labute approximate surface area is 131 Å². The van der Waals surface area contributed by atoms with E-state index in [0.717, 1.165) is 30.6 Å². The first-order valence-corrected chi connectivity index (χ1v) is 9.99. The monoisotopic (exact) mass is 331 g/mol. The van der Waals surface area contributed by atoms with Gasteiger partial charge < -0.3 is 5.11 Å². The molecule has 0 spiro atoms. The fourth-order valence-electron chi connectivity index (χ4n) is 2.79. The molecular formula is C15H25NO3S2. The van der Waals surface area contributed by atoms with Crippen LogP contribution in [0.15, 0.2) is 16.3 Å². The lowest BCUT2D eigenvalue weighted by atomic mass is 9.78. The molecule has 0 saturated heterocycles. The van der Waals surface area contributed by atoms with Crippen molar-refractivity contribution in [3.8, 4) is 0 Å². The summed E-state index contributed by atoms with van der Waals surface area (Å²) in [7, 11) is -3.50. The molecule has 1 heterocycles. The van der Waals surface area contributed by atoms with Gasteiger partial charge in [-0.1, -0.05) is 20.3 Å². The predicted molar refractivity (Wildman–Crippen MR) is 86.1 cm³/mol. The van der Waals surface area contributed by atoms with Crippen molar-refractivity contribution in [1.82, 2.24) is 4.72 Å². The number of thiophene rings is 1. The lowest BCUT2D eigenvalue weighted by molar-refractivity contribution is -0.00441. The summed E-state index contributed by atoms with van der Waals surface area (Å²) in [4.78, 5) is 1.05. The van der Waals surface area contributed by atoms with Crippen molar-refractivity contribution in [1.29, 1.82) is 0 Å². The second-order valence-electron chi connectivity index (χ2n) is 5.97. The van der Waals surface area contributed by atoms with E-state index in [1.165, 1.54) is 11.3 Å². The third kappa shape index (κ3) is 4.28. The molecule has 1 aromatic heterocycles. The summed E-state index contributed by atoms with van der Waals surface area (Å²) < 4.78 is 27.4. The second kappa shape index (κ2) is 6.77. The summed E-state index contributed by atoms with van der Waals surface area (Å²) in [6.07, 6.45) is 5.29. The van der Waals surface area contributed by atoms with Crippen molar-refractivity contribution >= 4 is 21.4 Å². The van der Waals surface area contributed by atoms with Crippen molar-refractivity contribution in [2.75, 3.05) is 6.54 Å². The number of hydrogen-bond acceptors (Lipinski definition) is 4. The van der Waals surface area contributed by atoms with Gasteiger partial charge in [0.1, 0.15) is 4.21 Å². The molecule has 0 atom stereocenters. The van der Waals surface area contributed by atoms with Gasteiger partial charge in [0.2, 0.25) is 10.0 Å². The van der Waals surface area contributed by atoms with Crippen molar-refractivity contribution in [3.63, 3.8) is 0 Å². The van der Waals surface area contributed by atoms with E-state index in [1.807, 2.05) is 13.0 Å². The molecule has 0 amide bonds. The molecule has 2 rings (SSSR count). The number of aliphatic hydroxyl groups is 1. The van der Waals surface area contributed by atoms with Crippen molar-refractivity contribution in [3.05, 3.63) is 17.0 Å². The lowest BCUT2D eigenvalue weighted by Gasteiger charge is -2.35. The fourth-order valence-corrected chi connectivity index (χ4v) is 5.25. The van der Waals surface area contributed by atoms with Crippen LogP contribution in [0.1, 0.15) is 50.8 Å². The summed E-state index contributed by atoms with van der Waals surface area (Å²) in [6, 6.07) is 3.49. The maximum absolute atomic E-state index is 12.3. The van der Waals surface area contributed by atoms with E-state index in [-0.39, 0.29) is 6.54 Å². The maximum atomic E-state index is 12.3. The molecule has 0 aliphatic heterocycles. The number of nitrogens with one attached hydrogen (secondary N) is 1. The van der Waals surface area contributed by atoms with Gasteiger partial charge in [-0.25, -0.2) is 13.1 Å². The molecule has 1 aliphatic carbocycles. The normalized spacial score (nSPS) is 26.9. The molecule has 4 nitrogen and oxygen atoms in total. The van der Waals surface area contributed by atoms with Gasteiger partial charge in [-0.2, -0.15) is 0 Å². The van der Waals surface area contributed by atoms with Crippen LogP contribution in [0.5, 0.6) is 0 Å². The van der Waals surface area contributed by atoms with Gasteiger partial charge in [-0.15, -0.1) is 11.3 Å². The van der Waals surface area contributed by atoms with Crippen LogP contribution in [0.25, 0.3) is 0 Å². The highest BCUT2D eigenvalue weighted by Gasteiger charge is 2.34. The zero-order valence-corrected chi connectivity index (χ0v) is 14.4. The van der Waals surface area contributed by atoms with Crippen LogP contribution < -0.4 is 4.72 Å². The number of aryl methyl sites for hydroxylation is 1. The van der Waals surface area contributed by atoms with E-state index in [0.29, 0.717) is 23.0 Å². The highest BCUT2D eigenvalue weighted by molar-refractivity contribution is 7.91. The van der Waals surface area contributed by atoms with Gasteiger partial charge in [0, 0.05) is 11.4 Å². The van der Waals surface area contributed by atoms with E-state index < -0.39 is 15.6 Å². The lowest BCUT2D eigenvalue weighted by Crippen LogP contribution is -2.45. The second-order valence-corrected chi connectivity index (χ2v) is 9.14. The Balaban J connectivity index is 1.95. The number of rotatable bonds is 6. The predicted octanol–water partition coefficient (Wildman–Crippen LogP) is 2.92. The molecule has 1 aromatic rings. The maximum Gasteiger partial charge on any atom is 0.250 e. The standard InChI is InChI=1S/C15H25NO3S2/c1-3-12-7-9-15(17,10-8-12)11-16-21(18,19)14-6-5-13(4-2)20-14/h5-6,12,16-17H,3-4,7-11H2,1-2H3. The number of sulfonamides is 1. The molecule has 120 valence electrons. The van der Waals surface area contributed by atoms with E-state index in [1.54, 1.807) is 6.07 Å². The molecule has 1 fully saturated rings. The Morgan fingerprint density at radius 3 is 2.52 bits per heavy atom. The quantitative estimate of drug-likeness (QED) is 0.842. The van der Waals surface area contributed by atoms with Crippen LogP contribution in [0.4, 0.5) is 0 Å². The average Bonchev–Trinajstić information content (AvgIpc) is 2.96. The Kier molecular flexibility index (Phi) is 5.46. The first kappa shape index (κ1) is 16.9. The Morgan fingerprint density at radius 1 is 1.33 bits per heavy atom. The van der Waals surface area contributed by atoms with Crippen molar-refractivity contribution in [2.24, 2.45) is 5.92 Å². The molecule has 1 aliphatic rings. The summed E-state index contributed by atoms with van der Waals surface area (Å²) >= 11 is 1.30. The van der Waals surface area contributed by atoms with Gasteiger partial charge >= 0.3 is 0 Å². The molecule has 21 heavy (non-hydrogen) atoms. The SMILES string of the molecule is CCc1ccc(S(=O)(=O)NCC2(O)CCC(CC)CC2)s1. The molecule has 0 radical (unpaired) electrons. The molecule has 6 heteroatoms. The van der Waals surface area contributed by atoms with Crippen LogP contribution in [0.2, 0.25) is 0 Å². The minimum atomic E-state index is -3.50. The third-order valence-corrected chi connectivity index (χ3v) is 7.58. The summed E-state index contributed by atoms with van der Waals surface area (Å²) in [5.41, 5.74) is -0.885. The van der Waals surface area contributed by atoms with E-state index in [9.17, 15) is 13.5 Å². The van der Waals surface area contributed by atoms with E-state index >= 15 is 0 Å². The minimum Gasteiger partial charge on any atom is -0.389 e. The fraction of sp³-hybridized carbons (Fsp3) is 0.733. The molecular weight excluding hydrogens is 306 g/mol. The molecule has 1 saturated carbocycles. The smallest absolute Gasteiger partial charge is 0.250 e. The Bertz CT molecular complexity index is 557. The zero-order chi connectivity index (χ0) is 15.5. The topological polar surface area (TPSA) is 66.4 Å². The first-order valence-electron chi connectivity index (χ1n) is 7.69. The van der Waals surface area contributed by atoms with Crippen LogP contribution in [0.3, 0.4) is 0 Å². The van der Waals surface area contributed by atoms with Gasteiger partial charge in [0.25, 0.3) is 0 Å². The van der Waals surface area contributed by atoms with Crippen LogP contribution in [0, 0.1) is 5.92 Å². The van der Waals surface area contributed by atoms with E-state index in [4.69, 9.17) is 0 Å². The average molecular weight is 332 g/mol. The summed E-state index contributed by atoms with van der Waals surface area (Å²) in [5.74, 6) is 0.672. The minimum absolute atomic E-state index is 0.116. The highest BCUT2D eigenvalue weighted by Crippen LogP contribution is 2.33. The van der Waals surface area contributed by atoms with Crippen molar-refractivity contribution < 1.29 is 13.5 Å². The van der Waals surface area contributed by atoms with Gasteiger partial charge in [-0.05, 0) is 50.2 Å². The molecule has 0 bridgehead atoms. The Hall–Kier alpha value is -0.430. The highest BCUT2D eigenvalue weighted by atomic mass is 32.2. The number of hydrogen-bond donors (Lipinski definition) is 2. The van der Waals surface area contributed by atoms with Crippen LogP contribution in [-0.2, 0) is 16.4 Å². The summed E-state index contributed by atoms with van der Waals surface area (Å²) in [5, 5.41) is 10.5. The molecule has 0 aromatic carbocycles. The zero-order valence-electron chi connectivity index (χ0n) is 12.8.